The van der Waals surface area contributed by atoms with E-state index in [0.717, 1.165) is 22.7 Å². The van der Waals surface area contributed by atoms with E-state index in [0.29, 0.717) is 29.2 Å². The van der Waals surface area contributed by atoms with Crippen LogP contribution in [0.2, 0.25) is 4.34 Å². The van der Waals surface area contributed by atoms with Crippen LogP contribution in [-0.2, 0) is 24.3 Å². The number of carbonyl (C=O) groups is 3. The summed E-state index contributed by atoms with van der Waals surface area (Å²) in [4.78, 5) is 38.5. The maximum atomic E-state index is 13.3. The summed E-state index contributed by atoms with van der Waals surface area (Å²) in [7, 11) is -3.94. The Morgan fingerprint density at radius 1 is 1.12 bits per heavy atom. The summed E-state index contributed by atoms with van der Waals surface area (Å²) in [5.74, 6) is -1.90. The number of sulfonamides is 1. The van der Waals surface area contributed by atoms with Crippen molar-refractivity contribution in [3.63, 3.8) is 0 Å². The fraction of sp³-hybridized carbons (Fsp3) is 0.476. The molecule has 0 spiro atoms. The van der Waals surface area contributed by atoms with E-state index in [4.69, 9.17) is 21.1 Å². The van der Waals surface area contributed by atoms with Crippen LogP contribution in [0, 0.1) is 6.92 Å². The molecule has 34 heavy (non-hydrogen) atoms. The lowest BCUT2D eigenvalue weighted by Crippen LogP contribution is -2.49. The fourth-order valence-electron chi connectivity index (χ4n) is 3.64. The minimum Gasteiger partial charge on any atom is -0.462 e. The van der Waals surface area contributed by atoms with E-state index in [-0.39, 0.29) is 39.4 Å². The molecule has 1 N–H and O–H groups in total. The Labute approximate surface area is 211 Å². The van der Waals surface area contributed by atoms with E-state index in [1.165, 1.54) is 16.4 Å². The predicted octanol–water partition coefficient (Wildman–Crippen LogP) is 4.31. The van der Waals surface area contributed by atoms with E-state index in [1.54, 1.807) is 20.8 Å². The van der Waals surface area contributed by atoms with E-state index < -0.39 is 33.9 Å². The summed E-state index contributed by atoms with van der Waals surface area (Å²) in [6.45, 7) is 5.31. The molecule has 1 saturated heterocycles. The number of thiophene rings is 2. The molecule has 9 nitrogen and oxygen atoms in total. The van der Waals surface area contributed by atoms with Gasteiger partial charge in [0.2, 0.25) is 5.91 Å². The van der Waals surface area contributed by atoms with Crippen LogP contribution in [0.15, 0.2) is 16.3 Å². The molecule has 1 fully saturated rings. The van der Waals surface area contributed by atoms with Crippen molar-refractivity contribution >= 4 is 67.1 Å². The number of amides is 1. The van der Waals surface area contributed by atoms with Gasteiger partial charge in [0.15, 0.2) is 0 Å². The highest BCUT2D eigenvalue weighted by Crippen LogP contribution is 2.36. The van der Waals surface area contributed by atoms with E-state index >= 15 is 0 Å². The van der Waals surface area contributed by atoms with Crippen LogP contribution >= 0.6 is 34.3 Å². The van der Waals surface area contributed by atoms with Crippen molar-refractivity contribution in [3.8, 4) is 0 Å². The number of halogens is 1. The average molecular weight is 549 g/mol. The van der Waals surface area contributed by atoms with Crippen molar-refractivity contribution < 1.29 is 32.3 Å². The standard InChI is InChI=1S/C21H25ClN2O7S3/c1-4-30-20(26)16-12(3)17(21(27)31-5-2)33-19(16)23-18(25)13-8-6-7-11-24(13)34(28,29)15-10-9-14(22)32-15/h9-10,13H,4-8,11H2,1-3H3,(H,23,25). The molecule has 0 radical (unpaired) electrons. The molecule has 0 saturated carbocycles. The van der Waals surface area contributed by atoms with Crippen molar-refractivity contribution in [1.29, 1.82) is 0 Å². The first kappa shape index (κ1) is 26.6. The molecule has 0 bridgehead atoms. The lowest BCUT2D eigenvalue weighted by atomic mass is 10.0. The van der Waals surface area contributed by atoms with Crippen LogP contribution in [0.5, 0.6) is 0 Å². The average Bonchev–Trinajstić information content (AvgIpc) is 3.37. The molecule has 1 atom stereocenters. The van der Waals surface area contributed by atoms with Gasteiger partial charge in [-0.15, -0.1) is 22.7 Å². The van der Waals surface area contributed by atoms with Gasteiger partial charge in [-0.2, -0.15) is 4.31 Å². The second-order valence-corrected chi connectivity index (χ2v) is 12.2. The highest BCUT2D eigenvalue weighted by atomic mass is 35.5. The third kappa shape index (κ3) is 5.46. The molecule has 1 unspecified atom stereocenters. The largest absolute Gasteiger partial charge is 0.462 e. The molecule has 0 aromatic carbocycles. The Bertz CT molecular complexity index is 1190. The Balaban J connectivity index is 1.94. The van der Waals surface area contributed by atoms with Crippen LogP contribution < -0.4 is 5.32 Å². The molecule has 186 valence electrons. The smallest absolute Gasteiger partial charge is 0.348 e. The number of carbonyl (C=O) groups excluding carboxylic acids is 3. The lowest BCUT2D eigenvalue weighted by molar-refractivity contribution is -0.120. The number of nitrogens with zero attached hydrogens (tertiary/aromatic N) is 1. The summed E-state index contributed by atoms with van der Waals surface area (Å²) < 4.78 is 38.2. The molecular formula is C21H25ClN2O7S3. The number of rotatable bonds is 8. The molecule has 2 aromatic rings. The summed E-state index contributed by atoms with van der Waals surface area (Å²) in [6.07, 6.45) is 1.59. The predicted molar refractivity (Wildman–Crippen MR) is 130 cm³/mol. The van der Waals surface area contributed by atoms with Crippen LogP contribution in [0.4, 0.5) is 5.00 Å². The first-order valence-corrected chi connectivity index (χ1v) is 14.1. The van der Waals surface area contributed by atoms with E-state index in [9.17, 15) is 22.8 Å². The first-order valence-electron chi connectivity index (χ1n) is 10.7. The van der Waals surface area contributed by atoms with Crippen LogP contribution in [-0.4, -0.2) is 56.4 Å². The van der Waals surface area contributed by atoms with E-state index in [1.807, 2.05) is 0 Å². The number of hydrogen-bond donors (Lipinski definition) is 1. The Morgan fingerprint density at radius 3 is 2.41 bits per heavy atom. The number of anilines is 1. The van der Waals surface area contributed by atoms with Crippen molar-refractivity contribution in [1.82, 2.24) is 4.31 Å². The Morgan fingerprint density at radius 2 is 1.79 bits per heavy atom. The zero-order valence-electron chi connectivity index (χ0n) is 18.9. The maximum Gasteiger partial charge on any atom is 0.348 e. The van der Waals surface area contributed by atoms with Crippen molar-refractivity contribution in [2.75, 3.05) is 25.1 Å². The highest BCUT2D eigenvalue weighted by molar-refractivity contribution is 7.91. The molecule has 13 heteroatoms. The monoisotopic (exact) mass is 548 g/mol. The number of esters is 2. The lowest BCUT2D eigenvalue weighted by Gasteiger charge is -2.33. The van der Waals surface area contributed by atoms with Gasteiger partial charge in [0, 0.05) is 6.54 Å². The number of piperidine rings is 1. The Hall–Kier alpha value is -1.99. The van der Waals surface area contributed by atoms with Crippen molar-refractivity contribution in [3.05, 3.63) is 32.5 Å². The summed E-state index contributed by atoms with van der Waals surface area (Å²) in [5.41, 5.74) is 0.386. The minimum atomic E-state index is -3.94. The molecule has 3 rings (SSSR count). The molecular weight excluding hydrogens is 524 g/mol. The van der Waals surface area contributed by atoms with Gasteiger partial charge >= 0.3 is 11.9 Å². The van der Waals surface area contributed by atoms with Crippen molar-refractivity contribution in [2.24, 2.45) is 0 Å². The van der Waals surface area contributed by atoms with Gasteiger partial charge in [0.25, 0.3) is 10.0 Å². The normalized spacial score (nSPS) is 16.8. The SMILES string of the molecule is CCOC(=O)c1sc(NC(=O)C2CCCCN2S(=O)(=O)c2ccc(Cl)s2)c(C(=O)OCC)c1C. The zero-order valence-corrected chi connectivity index (χ0v) is 22.1. The first-order chi connectivity index (χ1) is 16.1. The molecule has 1 aliphatic heterocycles. The quantitative estimate of drug-likeness (QED) is 0.488. The maximum absolute atomic E-state index is 13.3. The molecule has 3 heterocycles. The number of nitrogens with one attached hydrogen (secondary N) is 1. The highest BCUT2D eigenvalue weighted by Gasteiger charge is 2.39. The second kappa shape index (κ2) is 11.2. The van der Waals surface area contributed by atoms with Gasteiger partial charge in [-0.05, 0) is 51.3 Å². The number of ether oxygens (including phenoxy) is 2. The summed E-state index contributed by atoms with van der Waals surface area (Å²) >= 11 is 7.75. The summed E-state index contributed by atoms with van der Waals surface area (Å²) in [5, 5.41) is 2.80. The second-order valence-electron chi connectivity index (χ2n) is 7.38. The van der Waals surface area contributed by atoms with E-state index in [2.05, 4.69) is 5.32 Å². The van der Waals surface area contributed by atoms with Crippen molar-refractivity contribution in [2.45, 2.75) is 50.3 Å². The molecule has 1 aliphatic rings. The zero-order chi connectivity index (χ0) is 25.0. The third-order valence-corrected chi connectivity index (χ3v) is 9.99. The van der Waals surface area contributed by atoms with Gasteiger partial charge < -0.3 is 14.8 Å². The van der Waals surface area contributed by atoms with Crippen LogP contribution in [0.25, 0.3) is 0 Å². The fourth-order valence-corrected chi connectivity index (χ4v) is 8.00. The number of hydrogen-bond acceptors (Lipinski definition) is 9. The third-order valence-electron chi connectivity index (χ3n) is 5.19. The van der Waals surface area contributed by atoms with Crippen LogP contribution in [0.3, 0.4) is 0 Å². The molecule has 1 amide bonds. The van der Waals surface area contributed by atoms with Gasteiger partial charge in [-0.25, -0.2) is 18.0 Å². The van der Waals surface area contributed by atoms with Gasteiger partial charge in [-0.1, -0.05) is 18.0 Å². The van der Waals surface area contributed by atoms with Crippen LogP contribution in [0.1, 0.15) is 58.7 Å². The van der Waals surface area contributed by atoms with Gasteiger partial charge in [0.05, 0.1) is 23.1 Å². The molecule has 2 aromatic heterocycles. The van der Waals surface area contributed by atoms with Gasteiger partial charge in [-0.3, -0.25) is 4.79 Å². The summed E-state index contributed by atoms with van der Waals surface area (Å²) in [6, 6.07) is 1.93. The molecule has 0 aliphatic carbocycles. The minimum absolute atomic E-state index is 0.0542. The Kier molecular flexibility index (Phi) is 8.74. The topological polar surface area (TPSA) is 119 Å². The van der Waals surface area contributed by atoms with Gasteiger partial charge in [0.1, 0.15) is 20.1 Å².